The summed E-state index contributed by atoms with van der Waals surface area (Å²) in [6, 6.07) is 8.28. The summed E-state index contributed by atoms with van der Waals surface area (Å²) < 4.78 is 10.7. The van der Waals surface area contributed by atoms with Gasteiger partial charge in [-0.15, -0.1) is 0 Å². The lowest BCUT2D eigenvalue weighted by molar-refractivity contribution is -0.384. The summed E-state index contributed by atoms with van der Waals surface area (Å²) >= 11 is 0. The number of carbonyl (C=O) groups excluding carboxylic acids is 1. The summed E-state index contributed by atoms with van der Waals surface area (Å²) in [6.07, 6.45) is 0.679. The van der Waals surface area contributed by atoms with Gasteiger partial charge in [-0.3, -0.25) is 14.9 Å². The number of anilines is 1. The molecule has 0 atom stereocenters. The number of amides is 1. The number of ether oxygens (including phenoxy) is 2. The van der Waals surface area contributed by atoms with Gasteiger partial charge in [-0.05, 0) is 41.8 Å². The number of hydrogen-bond donors (Lipinski definition) is 1. The van der Waals surface area contributed by atoms with Gasteiger partial charge in [0.05, 0.1) is 19.1 Å². The minimum absolute atomic E-state index is 0.118. The van der Waals surface area contributed by atoms with Crippen LogP contribution in [0.5, 0.6) is 11.5 Å². The molecule has 27 heavy (non-hydrogen) atoms. The number of nitro benzene ring substituents is 1. The summed E-state index contributed by atoms with van der Waals surface area (Å²) in [6.45, 7) is 0.943. The number of carbonyl (C=O) groups is 1. The lowest BCUT2D eigenvalue weighted by Crippen LogP contribution is -2.36. The Balaban J connectivity index is 1.88. The van der Waals surface area contributed by atoms with Crippen LogP contribution in [0.4, 0.5) is 11.4 Å². The molecule has 0 bridgehead atoms. The zero-order chi connectivity index (χ0) is 19.6. The predicted molar refractivity (Wildman–Crippen MR) is 101 cm³/mol. The number of rotatable bonds is 5. The molecule has 0 unspecified atom stereocenters. The van der Waals surface area contributed by atoms with Crippen molar-refractivity contribution in [2.45, 2.75) is 13.0 Å². The first-order chi connectivity index (χ1) is 13.0. The van der Waals surface area contributed by atoms with Crippen molar-refractivity contribution in [2.24, 2.45) is 0 Å². The maximum absolute atomic E-state index is 12.9. The van der Waals surface area contributed by atoms with Crippen molar-refractivity contribution < 1.29 is 19.2 Å². The molecule has 0 aromatic heterocycles. The molecular formula is C19H21N3O5. The lowest BCUT2D eigenvalue weighted by atomic mass is 9.98. The molecule has 2 aromatic rings. The summed E-state index contributed by atoms with van der Waals surface area (Å²) in [5, 5.41) is 14.0. The Kier molecular flexibility index (Phi) is 5.16. The van der Waals surface area contributed by atoms with Gasteiger partial charge < -0.3 is 19.7 Å². The zero-order valence-corrected chi connectivity index (χ0v) is 15.4. The molecule has 0 spiro atoms. The van der Waals surface area contributed by atoms with E-state index in [1.54, 1.807) is 38.3 Å². The van der Waals surface area contributed by atoms with Crippen LogP contribution in [-0.2, 0) is 13.0 Å². The Hall–Kier alpha value is -3.29. The average Bonchev–Trinajstić information content (AvgIpc) is 2.71. The van der Waals surface area contributed by atoms with Gasteiger partial charge in [0.25, 0.3) is 11.6 Å². The van der Waals surface area contributed by atoms with Crippen molar-refractivity contribution in [1.82, 2.24) is 4.90 Å². The third-order valence-electron chi connectivity index (χ3n) is 4.72. The Labute approximate surface area is 156 Å². The van der Waals surface area contributed by atoms with Crippen LogP contribution < -0.4 is 14.8 Å². The van der Waals surface area contributed by atoms with Crippen LogP contribution in [0.3, 0.4) is 0 Å². The molecule has 3 rings (SSSR count). The van der Waals surface area contributed by atoms with E-state index in [1.165, 1.54) is 6.07 Å². The topological polar surface area (TPSA) is 93.9 Å². The number of hydrogen-bond acceptors (Lipinski definition) is 6. The molecule has 142 valence electrons. The van der Waals surface area contributed by atoms with Crippen LogP contribution in [0.2, 0.25) is 0 Å². The van der Waals surface area contributed by atoms with E-state index < -0.39 is 4.92 Å². The van der Waals surface area contributed by atoms with Crippen molar-refractivity contribution in [3.05, 3.63) is 57.1 Å². The third-order valence-corrected chi connectivity index (χ3v) is 4.72. The van der Waals surface area contributed by atoms with Crippen LogP contribution >= 0.6 is 0 Å². The average molecular weight is 371 g/mol. The quantitative estimate of drug-likeness (QED) is 0.642. The Morgan fingerprint density at radius 3 is 2.41 bits per heavy atom. The van der Waals surface area contributed by atoms with Crippen molar-refractivity contribution in [3.8, 4) is 11.5 Å². The minimum atomic E-state index is -0.495. The maximum atomic E-state index is 12.9. The number of nitro groups is 1. The molecule has 8 nitrogen and oxygen atoms in total. The second kappa shape index (κ2) is 7.53. The fourth-order valence-corrected chi connectivity index (χ4v) is 3.27. The van der Waals surface area contributed by atoms with E-state index in [2.05, 4.69) is 5.32 Å². The third kappa shape index (κ3) is 3.51. The fraction of sp³-hybridized carbons (Fsp3) is 0.316. The van der Waals surface area contributed by atoms with Crippen LogP contribution in [0.15, 0.2) is 30.3 Å². The number of nitrogens with zero attached hydrogens (tertiary/aromatic N) is 2. The fourth-order valence-electron chi connectivity index (χ4n) is 3.27. The van der Waals surface area contributed by atoms with Gasteiger partial charge in [0.2, 0.25) is 0 Å². The van der Waals surface area contributed by atoms with E-state index in [0.717, 1.165) is 11.1 Å². The SMILES string of the molecule is CNc1ccc(C(=O)N2CCc3cc(OC)c(OC)cc3C2)cc1[N+](=O)[O-]. The van der Waals surface area contributed by atoms with Crippen LogP contribution in [0.1, 0.15) is 21.5 Å². The second-order valence-corrected chi connectivity index (χ2v) is 6.19. The van der Waals surface area contributed by atoms with Crippen LogP contribution in [-0.4, -0.2) is 43.5 Å². The monoisotopic (exact) mass is 371 g/mol. The highest BCUT2D eigenvalue weighted by atomic mass is 16.6. The highest BCUT2D eigenvalue weighted by Gasteiger charge is 2.25. The molecule has 1 aliphatic rings. The number of fused-ring (bicyclic) bond motifs is 1. The van der Waals surface area contributed by atoms with Gasteiger partial charge in [-0.2, -0.15) is 0 Å². The summed E-state index contributed by atoms with van der Waals surface area (Å²) in [5.74, 6) is 1.04. The van der Waals surface area contributed by atoms with Gasteiger partial charge in [0.15, 0.2) is 11.5 Å². The van der Waals surface area contributed by atoms with Gasteiger partial charge >= 0.3 is 0 Å². The van der Waals surface area contributed by atoms with Gasteiger partial charge in [0.1, 0.15) is 5.69 Å². The predicted octanol–water partition coefficient (Wildman–Crippen LogP) is 2.85. The number of nitrogens with one attached hydrogen (secondary N) is 1. The molecular weight excluding hydrogens is 350 g/mol. The Morgan fingerprint density at radius 2 is 1.81 bits per heavy atom. The Bertz CT molecular complexity index is 897. The largest absolute Gasteiger partial charge is 0.493 e. The van der Waals surface area contributed by atoms with Gasteiger partial charge in [0, 0.05) is 31.8 Å². The molecule has 1 amide bonds. The Morgan fingerprint density at radius 1 is 1.15 bits per heavy atom. The summed E-state index contributed by atoms with van der Waals surface area (Å²) in [4.78, 5) is 25.3. The van der Waals surface area contributed by atoms with E-state index in [9.17, 15) is 14.9 Å². The molecule has 0 fully saturated rings. The molecule has 0 aliphatic carbocycles. The van der Waals surface area contributed by atoms with Crippen LogP contribution in [0, 0.1) is 10.1 Å². The standard InChI is InChI=1S/C19H21N3O5/c1-20-15-5-4-13(8-16(15)22(24)25)19(23)21-7-6-12-9-17(26-2)18(27-3)10-14(12)11-21/h4-5,8-10,20H,6-7,11H2,1-3H3. The first-order valence-corrected chi connectivity index (χ1v) is 8.47. The van der Waals surface area contributed by atoms with Gasteiger partial charge in [-0.1, -0.05) is 0 Å². The summed E-state index contributed by atoms with van der Waals surface area (Å²) in [5.41, 5.74) is 2.64. The number of benzene rings is 2. The molecule has 0 saturated carbocycles. The van der Waals surface area contributed by atoms with E-state index in [0.29, 0.717) is 42.3 Å². The molecule has 8 heteroatoms. The minimum Gasteiger partial charge on any atom is -0.493 e. The second-order valence-electron chi connectivity index (χ2n) is 6.19. The van der Waals surface area contributed by atoms with Gasteiger partial charge in [-0.25, -0.2) is 0 Å². The van der Waals surface area contributed by atoms with Crippen LogP contribution in [0.25, 0.3) is 0 Å². The van der Waals surface area contributed by atoms with Crippen molar-refractivity contribution in [2.75, 3.05) is 33.1 Å². The normalized spacial score (nSPS) is 12.9. The smallest absolute Gasteiger partial charge is 0.293 e. The van der Waals surface area contributed by atoms with E-state index in [-0.39, 0.29) is 11.6 Å². The lowest BCUT2D eigenvalue weighted by Gasteiger charge is -2.29. The maximum Gasteiger partial charge on any atom is 0.293 e. The van der Waals surface area contributed by atoms with Crippen molar-refractivity contribution in [3.63, 3.8) is 0 Å². The first-order valence-electron chi connectivity index (χ1n) is 8.47. The molecule has 0 saturated heterocycles. The number of methoxy groups -OCH3 is 2. The zero-order valence-electron chi connectivity index (χ0n) is 15.4. The van der Waals surface area contributed by atoms with E-state index >= 15 is 0 Å². The van der Waals surface area contributed by atoms with E-state index in [4.69, 9.17) is 9.47 Å². The molecule has 1 N–H and O–H groups in total. The highest BCUT2D eigenvalue weighted by molar-refractivity contribution is 5.96. The first kappa shape index (κ1) is 18.5. The molecule has 0 radical (unpaired) electrons. The van der Waals surface area contributed by atoms with E-state index in [1.807, 2.05) is 12.1 Å². The van der Waals surface area contributed by atoms with Crippen molar-refractivity contribution >= 4 is 17.3 Å². The van der Waals surface area contributed by atoms with Crippen molar-refractivity contribution in [1.29, 1.82) is 0 Å². The summed E-state index contributed by atoms with van der Waals surface area (Å²) in [7, 11) is 4.76. The molecule has 2 aromatic carbocycles. The molecule has 1 heterocycles. The molecule has 1 aliphatic heterocycles. The highest BCUT2D eigenvalue weighted by Crippen LogP contribution is 2.34.